The Hall–Kier alpha value is -2.72. The van der Waals surface area contributed by atoms with Crippen LogP contribution in [0.2, 0.25) is 0 Å². The van der Waals surface area contributed by atoms with Gasteiger partial charge in [0.1, 0.15) is 10.6 Å². The lowest BCUT2D eigenvalue weighted by Crippen LogP contribution is -2.47. The van der Waals surface area contributed by atoms with Gasteiger partial charge in [-0.05, 0) is 57.9 Å². The van der Waals surface area contributed by atoms with Gasteiger partial charge >= 0.3 is 6.03 Å². The van der Waals surface area contributed by atoms with E-state index in [9.17, 15) is 13.2 Å². The Labute approximate surface area is 193 Å². The zero-order chi connectivity index (χ0) is 23.4. The Morgan fingerprint density at radius 3 is 2.45 bits per heavy atom. The number of aromatic nitrogens is 2. The summed E-state index contributed by atoms with van der Waals surface area (Å²) in [5.74, 6) is 1.17. The summed E-state index contributed by atoms with van der Waals surface area (Å²) in [6.45, 7) is 7.09. The van der Waals surface area contributed by atoms with Gasteiger partial charge in [-0.3, -0.25) is 0 Å². The van der Waals surface area contributed by atoms with Crippen LogP contribution in [-0.2, 0) is 25.1 Å². The quantitative estimate of drug-likeness (QED) is 0.705. The molecule has 10 heteroatoms. The summed E-state index contributed by atoms with van der Waals surface area (Å²) in [5.41, 5.74) is 2.72. The molecule has 1 aromatic carbocycles. The van der Waals surface area contributed by atoms with E-state index in [4.69, 9.17) is 14.7 Å². The summed E-state index contributed by atoms with van der Waals surface area (Å²) >= 11 is 0. The number of carbonyl (C=O) groups is 1. The first-order valence-electron chi connectivity index (χ1n) is 11.4. The summed E-state index contributed by atoms with van der Waals surface area (Å²) in [6, 6.07) is 7.41. The number of morpholine rings is 1. The Kier molecular flexibility index (Phi) is 5.32. The van der Waals surface area contributed by atoms with Crippen LogP contribution in [0.4, 0.5) is 16.3 Å². The number of hydrogen-bond donors (Lipinski definition) is 2. The number of sulfone groups is 1. The SMILES string of the molecule is CCNC(=O)Nc1ccc(-c2nc(N3C4CCC3COC4)c3c(n2)C(C)(C)S(=O)(=O)C3)cc1. The van der Waals surface area contributed by atoms with Crippen LogP contribution < -0.4 is 15.5 Å². The molecule has 176 valence electrons. The maximum atomic E-state index is 13.0. The Balaban J connectivity index is 1.58. The number of carbonyl (C=O) groups excluding carboxylic acids is 1. The summed E-state index contributed by atoms with van der Waals surface area (Å²) < 4.78 is 30.8. The van der Waals surface area contributed by atoms with Crippen molar-refractivity contribution in [2.45, 2.75) is 56.2 Å². The lowest BCUT2D eigenvalue weighted by molar-refractivity contribution is 0.0901. The van der Waals surface area contributed by atoms with E-state index in [1.165, 1.54) is 0 Å². The number of benzene rings is 1. The molecule has 2 N–H and O–H groups in total. The molecule has 0 spiro atoms. The van der Waals surface area contributed by atoms with Crippen molar-refractivity contribution in [2.75, 3.05) is 30.0 Å². The molecule has 2 unspecified atom stereocenters. The molecule has 0 saturated carbocycles. The highest BCUT2D eigenvalue weighted by Gasteiger charge is 2.50. The van der Waals surface area contributed by atoms with Gasteiger partial charge in [0.25, 0.3) is 0 Å². The minimum absolute atomic E-state index is 0.0445. The molecule has 33 heavy (non-hydrogen) atoms. The van der Waals surface area contributed by atoms with Crippen molar-refractivity contribution in [3.63, 3.8) is 0 Å². The monoisotopic (exact) mass is 471 g/mol. The second kappa shape index (κ2) is 7.95. The first-order chi connectivity index (χ1) is 15.7. The smallest absolute Gasteiger partial charge is 0.319 e. The summed E-state index contributed by atoms with van der Waals surface area (Å²) in [7, 11) is -3.40. The van der Waals surface area contributed by atoms with Crippen molar-refractivity contribution in [3.8, 4) is 11.4 Å². The molecule has 0 aliphatic carbocycles. The molecule has 0 radical (unpaired) electrons. The largest absolute Gasteiger partial charge is 0.377 e. The van der Waals surface area contributed by atoms with Crippen LogP contribution in [0.3, 0.4) is 0 Å². The van der Waals surface area contributed by atoms with Crippen molar-refractivity contribution in [1.29, 1.82) is 0 Å². The molecule has 2 fully saturated rings. The number of hydrogen-bond acceptors (Lipinski definition) is 7. The van der Waals surface area contributed by atoms with Crippen molar-refractivity contribution < 1.29 is 17.9 Å². The van der Waals surface area contributed by atoms with E-state index >= 15 is 0 Å². The van der Waals surface area contributed by atoms with Crippen LogP contribution in [0.25, 0.3) is 11.4 Å². The maximum Gasteiger partial charge on any atom is 0.319 e. The third kappa shape index (κ3) is 3.65. The van der Waals surface area contributed by atoms with Gasteiger partial charge in [-0.25, -0.2) is 23.2 Å². The topological polar surface area (TPSA) is 114 Å². The Morgan fingerprint density at radius 1 is 1.15 bits per heavy atom. The van der Waals surface area contributed by atoms with Crippen molar-refractivity contribution in [3.05, 3.63) is 35.5 Å². The van der Waals surface area contributed by atoms with Gasteiger partial charge in [-0.1, -0.05) is 0 Å². The van der Waals surface area contributed by atoms with Gasteiger partial charge in [-0.2, -0.15) is 0 Å². The molecule has 2 saturated heterocycles. The summed E-state index contributed by atoms with van der Waals surface area (Å²) in [4.78, 5) is 23.8. The third-order valence-electron chi connectivity index (χ3n) is 6.89. The van der Waals surface area contributed by atoms with Crippen molar-refractivity contribution >= 4 is 27.4 Å². The number of ether oxygens (including phenoxy) is 1. The van der Waals surface area contributed by atoms with Gasteiger partial charge in [0.2, 0.25) is 0 Å². The van der Waals surface area contributed by atoms with E-state index < -0.39 is 14.6 Å². The van der Waals surface area contributed by atoms with E-state index in [1.807, 2.05) is 19.1 Å². The standard InChI is InChI=1S/C23H29N5O4S/c1-4-24-22(29)25-15-7-5-14(6-8-15)20-26-19-18(13-33(30,31)23(19,2)3)21(27-20)28-16-9-10-17(28)12-32-11-16/h5-8,16-17H,4,9-13H2,1-3H3,(H2,24,25,29). The van der Waals surface area contributed by atoms with Crippen LogP contribution in [-0.4, -0.2) is 56.3 Å². The fourth-order valence-electron chi connectivity index (χ4n) is 4.98. The highest BCUT2D eigenvalue weighted by Crippen LogP contribution is 2.46. The highest BCUT2D eigenvalue weighted by atomic mass is 32.2. The predicted octanol–water partition coefficient (Wildman–Crippen LogP) is 2.82. The summed E-state index contributed by atoms with van der Waals surface area (Å²) in [5, 5.41) is 5.47. The summed E-state index contributed by atoms with van der Waals surface area (Å²) in [6.07, 6.45) is 2.02. The molecule has 2 amide bonds. The van der Waals surface area contributed by atoms with E-state index in [2.05, 4.69) is 15.5 Å². The van der Waals surface area contributed by atoms with Gasteiger partial charge in [-0.15, -0.1) is 0 Å². The van der Waals surface area contributed by atoms with Crippen LogP contribution in [0, 0.1) is 0 Å². The van der Waals surface area contributed by atoms with Gasteiger partial charge < -0.3 is 20.3 Å². The fraction of sp³-hybridized carbons (Fsp3) is 0.522. The highest BCUT2D eigenvalue weighted by molar-refractivity contribution is 7.91. The van der Waals surface area contributed by atoms with Crippen LogP contribution >= 0.6 is 0 Å². The number of urea groups is 1. The van der Waals surface area contributed by atoms with Crippen molar-refractivity contribution in [2.24, 2.45) is 0 Å². The molecule has 5 rings (SSSR count). The molecular formula is C23H29N5O4S. The normalized spacial score (nSPS) is 24.4. The Bertz CT molecular complexity index is 1180. The number of anilines is 2. The number of fused-ring (bicyclic) bond motifs is 3. The maximum absolute atomic E-state index is 13.0. The molecule has 1 aromatic heterocycles. The number of amides is 2. The molecule has 3 aliphatic rings. The average molecular weight is 472 g/mol. The van der Waals surface area contributed by atoms with E-state index in [0.29, 0.717) is 37.0 Å². The van der Waals surface area contributed by atoms with Crippen molar-refractivity contribution in [1.82, 2.24) is 15.3 Å². The van der Waals surface area contributed by atoms with E-state index in [1.54, 1.807) is 26.0 Å². The average Bonchev–Trinajstić information content (AvgIpc) is 3.12. The van der Waals surface area contributed by atoms with Gasteiger partial charge in [0, 0.05) is 23.4 Å². The zero-order valence-electron chi connectivity index (χ0n) is 19.1. The molecule has 2 bridgehead atoms. The molecule has 2 atom stereocenters. The van der Waals surface area contributed by atoms with Crippen LogP contribution in [0.5, 0.6) is 0 Å². The van der Waals surface area contributed by atoms with E-state index in [0.717, 1.165) is 29.8 Å². The van der Waals surface area contributed by atoms with Crippen LogP contribution in [0.15, 0.2) is 24.3 Å². The minimum Gasteiger partial charge on any atom is -0.377 e. The second-order valence-corrected chi connectivity index (χ2v) is 11.9. The number of rotatable bonds is 4. The molecule has 9 nitrogen and oxygen atoms in total. The second-order valence-electron chi connectivity index (χ2n) is 9.36. The lowest BCUT2D eigenvalue weighted by Gasteiger charge is -2.36. The van der Waals surface area contributed by atoms with Gasteiger partial charge in [0.05, 0.1) is 36.7 Å². The number of nitrogens with zero attached hydrogens (tertiary/aromatic N) is 3. The fourth-order valence-corrected chi connectivity index (χ4v) is 6.45. The zero-order valence-corrected chi connectivity index (χ0v) is 19.9. The third-order valence-corrected chi connectivity index (χ3v) is 9.31. The molecule has 3 aliphatic heterocycles. The van der Waals surface area contributed by atoms with Gasteiger partial charge in [0.15, 0.2) is 15.7 Å². The lowest BCUT2D eigenvalue weighted by atomic mass is 10.0. The molecule has 2 aromatic rings. The predicted molar refractivity (Wildman–Crippen MR) is 126 cm³/mol. The Morgan fingerprint density at radius 2 is 1.82 bits per heavy atom. The first kappa shape index (κ1) is 22.1. The minimum atomic E-state index is -3.40. The van der Waals surface area contributed by atoms with E-state index in [-0.39, 0.29) is 23.9 Å². The van der Waals surface area contributed by atoms with Crippen LogP contribution in [0.1, 0.15) is 44.9 Å². The molecular weight excluding hydrogens is 442 g/mol. The first-order valence-corrected chi connectivity index (χ1v) is 13.0. The number of nitrogens with one attached hydrogen (secondary N) is 2. The molecule has 4 heterocycles.